The van der Waals surface area contributed by atoms with Gasteiger partial charge in [-0.3, -0.25) is 4.99 Å². The summed E-state index contributed by atoms with van der Waals surface area (Å²) in [5.74, 6) is 0.862. The van der Waals surface area contributed by atoms with Gasteiger partial charge in [-0.25, -0.2) is 4.68 Å². The molecule has 0 aliphatic carbocycles. The van der Waals surface area contributed by atoms with E-state index < -0.39 is 0 Å². The number of halogens is 1. The molecular formula is C20H31IN6. The summed E-state index contributed by atoms with van der Waals surface area (Å²) in [6, 6.07) is 11.3. The van der Waals surface area contributed by atoms with Crippen LogP contribution in [0.3, 0.4) is 0 Å². The summed E-state index contributed by atoms with van der Waals surface area (Å²) >= 11 is 0. The van der Waals surface area contributed by atoms with Crippen LogP contribution in [0.1, 0.15) is 32.3 Å². The first-order chi connectivity index (χ1) is 12.7. The van der Waals surface area contributed by atoms with Crippen molar-refractivity contribution in [1.29, 1.82) is 0 Å². The average molecular weight is 482 g/mol. The molecule has 0 amide bonds. The van der Waals surface area contributed by atoms with Crippen LogP contribution >= 0.6 is 24.0 Å². The third kappa shape index (κ3) is 6.21. The summed E-state index contributed by atoms with van der Waals surface area (Å²) < 4.78 is 1.90. The molecule has 2 N–H and O–H groups in total. The minimum Gasteiger partial charge on any atom is -0.354 e. The van der Waals surface area contributed by atoms with Gasteiger partial charge in [0.2, 0.25) is 0 Å². The van der Waals surface area contributed by atoms with Crippen LogP contribution in [0.25, 0.3) is 5.69 Å². The Morgan fingerprint density at radius 2 is 1.93 bits per heavy atom. The molecule has 1 aromatic heterocycles. The summed E-state index contributed by atoms with van der Waals surface area (Å²) in [5, 5.41) is 11.4. The highest BCUT2D eigenvalue weighted by molar-refractivity contribution is 14.0. The van der Waals surface area contributed by atoms with Gasteiger partial charge in [-0.1, -0.05) is 18.2 Å². The van der Waals surface area contributed by atoms with Crippen molar-refractivity contribution in [2.75, 3.05) is 20.1 Å². The van der Waals surface area contributed by atoms with Crippen molar-refractivity contribution >= 4 is 29.9 Å². The molecule has 0 radical (unpaired) electrons. The van der Waals surface area contributed by atoms with Gasteiger partial charge in [0.15, 0.2) is 5.96 Å². The number of aromatic nitrogens is 2. The molecule has 7 heteroatoms. The van der Waals surface area contributed by atoms with E-state index in [0.29, 0.717) is 18.6 Å². The minimum atomic E-state index is 0. The monoisotopic (exact) mass is 482 g/mol. The number of nitrogens with zero attached hydrogens (tertiary/aromatic N) is 4. The molecular weight excluding hydrogens is 451 g/mol. The third-order valence-corrected chi connectivity index (χ3v) is 4.94. The quantitative estimate of drug-likeness (QED) is 0.391. The molecule has 3 rings (SSSR count). The number of hydrogen-bond acceptors (Lipinski definition) is 3. The van der Waals surface area contributed by atoms with E-state index >= 15 is 0 Å². The Balaban J connectivity index is 0.00000261. The Kier molecular flexibility index (Phi) is 8.56. The van der Waals surface area contributed by atoms with Gasteiger partial charge < -0.3 is 15.5 Å². The lowest BCUT2D eigenvalue weighted by atomic mass is 10.0. The first kappa shape index (κ1) is 21.7. The lowest BCUT2D eigenvalue weighted by molar-refractivity contribution is 0.167. The minimum absolute atomic E-state index is 0. The van der Waals surface area contributed by atoms with Crippen molar-refractivity contribution in [3.63, 3.8) is 0 Å². The van der Waals surface area contributed by atoms with Gasteiger partial charge in [0.05, 0.1) is 11.9 Å². The summed E-state index contributed by atoms with van der Waals surface area (Å²) in [6.07, 6.45) is 6.26. The summed E-state index contributed by atoms with van der Waals surface area (Å²) in [5.41, 5.74) is 2.20. The normalized spacial score (nSPS) is 16.2. The largest absolute Gasteiger partial charge is 0.354 e. The fraction of sp³-hybridized carbons (Fsp3) is 0.500. The van der Waals surface area contributed by atoms with Crippen LogP contribution in [0.15, 0.2) is 47.7 Å². The van der Waals surface area contributed by atoms with Crippen LogP contribution < -0.4 is 10.6 Å². The molecule has 1 aliphatic heterocycles. The van der Waals surface area contributed by atoms with Crippen LogP contribution in [-0.2, 0) is 6.54 Å². The number of guanidine groups is 1. The van der Waals surface area contributed by atoms with Crippen molar-refractivity contribution in [2.45, 2.75) is 45.3 Å². The first-order valence-corrected chi connectivity index (χ1v) is 9.46. The molecule has 0 unspecified atom stereocenters. The molecule has 0 saturated carbocycles. The number of benzene rings is 1. The summed E-state index contributed by atoms with van der Waals surface area (Å²) in [7, 11) is 1.83. The van der Waals surface area contributed by atoms with E-state index in [1.54, 1.807) is 0 Å². The maximum atomic E-state index is 4.44. The third-order valence-electron chi connectivity index (χ3n) is 4.94. The predicted molar refractivity (Wildman–Crippen MR) is 122 cm³/mol. The number of likely N-dealkylation sites (tertiary alicyclic amines) is 1. The second-order valence-corrected chi connectivity index (χ2v) is 7.10. The van der Waals surface area contributed by atoms with E-state index in [9.17, 15) is 0 Å². The molecule has 6 nitrogen and oxygen atoms in total. The van der Waals surface area contributed by atoms with Crippen LogP contribution in [0.4, 0.5) is 0 Å². The zero-order valence-electron chi connectivity index (χ0n) is 16.4. The Hall–Kier alpha value is -1.61. The van der Waals surface area contributed by atoms with Gasteiger partial charge >= 0.3 is 0 Å². The highest BCUT2D eigenvalue weighted by atomic mass is 127. The molecule has 27 heavy (non-hydrogen) atoms. The molecule has 0 bridgehead atoms. The maximum absolute atomic E-state index is 4.44. The fourth-order valence-corrected chi connectivity index (χ4v) is 3.31. The average Bonchev–Trinajstić information content (AvgIpc) is 3.15. The van der Waals surface area contributed by atoms with Crippen LogP contribution in [0, 0.1) is 0 Å². The van der Waals surface area contributed by atoms with E-state index in [1.165, 1.54) is 0 Å². The Bertz CT molecular complexity index is 704. The van der Waals surface area contributed by atoms with Crippen LogP contribution in [0.2, 0.25) is 0 Å². The number of hydrogen-bond donors (Lipinski definition) is 2. The fourth-order valence-electron chi connectivity index (χ4n) is 3.31. The van der Waals surface area contributed by atoms with Gasteiger partial charge in [0.25, 0.3) is 0 Å². The number of aliphatic imine (C=N–C) groups is 1. The van der Waals surface area contributed by atoms with Gasteiger partial charge in [0, 0.05) is 50.5 Å². The number of rotatable bonds is 5. The summed E-state index contributed by atoms with van der Waals surface area (Å²) in [4.78, 5) is 6.90. The van der Waals surface area contributed by atoms with E-state index in [1.807, 2.05) is 48.3 Å². The second-order valence-electron chi connectivity index (χ2n) is 7.10. The van der Waals surface area contributed by atoms with Crippen molar-refractivity contribution in [3.05, 3.63) is 48.3 Å². The van der Waals surface area contributed by atoms with Crippen molar-refractivity contribution in [3.8, 4) is 5.69 Å². The Labute approximate surface area is 179 Å². The standard InChI is InChI=1S/C20H30N6.HI/c1-16(2)25-11-9-18(10-12-25)24-20(21-3)22-13-17-14-23-26(15-17)19-7-5-4-6-8-19;/h4-8,14-16,18H,9-13H2,1-3H3,(H2,21,22,24);1H. The number of para-hydroxylation sites is 1. The van der Waals surface area contributed by atoms with Crippen molar-refractivity contribution in [2.24, 2.45) is 4.99 Å². The summed E-state index contributed by atoms with van der Waals surface area (Å²) in [6.45, 7) is 7.54. The maximum Gasteiger partial charge on any atom is 0.191 e. The van der Waals surface area contributed by atoms with E-state index in [2.05, 4.69) is 45.7 Å². The number of nitrogens with one attached hydrogen (secondary N) is 2. The number of piperidine rings is 1. The first-order valence-electron chi connectivity index (χ1n) is 9.46. The second kappa shape index (κ2) is 10.7. The topological polar surface area (TPSA) is 57.5 Å². The molecule has 2 heterocycles. The molecule has 1 aliphatic rings. The molecule has 0 atom stereocenters. The highest BCUT2D eigenvalue weighted by Crippen LogP contribution is 2.13. The van der Waals surface area contributed by atoms with E-state index in [-0.39, 0.29) is 24.0 Å². The van der Waals surface area contributed by atoms with Gasteiger partial charge in [-0.2, -0.15) is 5.10 Å². The van der Waals surface area contributed by atoms with E-state index in [4.69, 9.17) is 0 Å². The lowest BCUT2D eigenvalue weighted by Gasteiger charge is -2.35. The zero-order valence-corrected chi connectivity index (χ0v) is 18.8. The van der Waals surface area contributed by atoms with Crippen molar-refractivity contribution in [1.82, 2.24) is 25.3 Å². The SMILES string of the molecule is CN=C(NCc1cnn(-c2ccccc2)c1)NC1CCN(C(C)C)CC1.I. The molecule has 148 valence electrons. The lowest BCUT2D eigenvalue weighted by Crippen LogP contribution is -2.49. The van der Waals surface area contributed by atoms with Crippen molar-refractivity contribution < 1.29 is 0 Å². The smallest absolute Gasteiger partial charge is 0.191 e. The zero-order chi connectivity index (χ0) is 18.4. The molecule has 1 aromatic carbocycles. The Morgan fingerprint density at radius 1 is 1.22 bits per heavy atom. The van der Waals surface area contributed by atoms with Crippen LogP contribution in [0.5, 0.6) is 0 Å². The van der Waals surface area contributed by atoms with Gasteiger partial charge in [-0.05, 0) is 38.8 Å². The molecule has 1 fully saturated rings. The predicted octanol–water partition coefficient (Wildman–Crippen LogP) is 3.03. The molecule has 2 aromatic rings. The van der Waals surface area contributed by atoms with Gasteiger partial charge in [0.1, 0.15) is 0 Å². The molecule has 0 spiro atoms. The van der Waals surface area contributed by atoms with Gasteiger partial charge in [-0.15, -0.1) is 24.0 Å². The Morgan fingerprint density at radius 3 is 2.56 bits per heavy atom. The van der Waals surface area contributed by atoms with E-state index in [0.717, 1.165) is 43.1 Å². The van der Waals surface area contributed by atoms with Crippen LogP contribution in [-0.4, -0.2) is 52.9 Å². The molecule has 1 saturated heterocycles. The highest BCUT2D eigenvalue weighted by Gasteiger charge is 2.21.